The van der Waals surface area contributed by atoms with Crippen LogP contribution in [0.3, 0.4) is 0 Å². The Labute approximate surface area is 166 Å². The van der Waals surface area contributed by atoms with Crippen molar-refractivity contribution in [3.8, 4) is 11.5 Å². The number of ether oxygens (including phenoxy) is 2. The lowest BCUT2D eigenvalue weighted by molar-refractivity contribution is 0.111. The van der Waals surface area contributed by atoms with Gasteiger partial charge in [0.25, 0.3) is 0 Å². The van der Waals surface area contributed by atoms with E-state index in [1.165, 1.54) is 5.56 Å². The summed E-state index contributed by atoms with van der Waals surface area (Å²) >= 11 is 0. The van der Waals surface area contributed by atoms with Crippen LogP contribution < -0.4 is 9.47 Å². The summed E-state index contributed by atoms with van der Waals surface area (Å²) in [5, 5.41) is 20.9. The van der Waals surface area contributed by atoms with Crippen LogP contribution in [0.2, 0.25) is 0 Å². The van der Waals surface area contributed by atoms with Gasteiger partial charge < -0.3 is 19.7 Å². The molecular formula is C23H29NO4. The smallest absolute Gasteiger partial charge is 0.129 e. The third kappa shape index (κ3) is 2.89. The number of nitrogens with zero attached hydrogens (tertiary/aromatic N) is 1. The molecular weight excluding hydrogens is 354 g/mol. The van der Waals surface area contributed by atoms with Crippen LogP contribution in [0.4, 0.5) is 0 Å². The Morgan fingerprint density at radius 2 is 1.86 bits per heavy atom. The van der Waals surface area contributed by atoms with Crippen molar-refractivity contribution in [1.29, 1.82) is 0 Å². The number of rotatable bonds is 6. The Kier molecular flexibility index (Phi) is 5.08. The average molecular weight is 383 g/mol. The fraction of sp³-hybridized carbons (Fsp3) is 0.478. The number of β-amino-alcohol motifs (C(OH)–C–C–N with tert-alkyl or cyclic N) is 1. The van der Waals surface area contributed by atoms with E-state index in [4.69, 9.17) is 9.47 Å². The van der Waals surface area contributed by atoms with E-state index < -0.39 is 6.10 Å². The lowest BCUT2D eigenvalue weighted by Gasteiger charge is -2.20. The Morgan fingerprint density at radius 3 is 2.50 bits per heavy atom. The summed E-state index contributed by atoms with van der Waals surface area (Å²) in [5.74, 6) is 1.96. The summed E-state index contributed by atoms with van der Waals surface area (Å²) in [7, 11) is 3.34. The molecule has 1 aliphatic carbocycles. The fourth-order valence-electron chi connectivity index (χ4n) is 5.38. The van der Waals surface area contributed by atoms with Gasteiger partial charge in [0.15, 0.2) is 0 Å². The van der Waals surface area contributed by atoms with E-state index in [-0.39, 0.29) is 23.9 Å². The molecule has 2 N–H and O–H groups in total. The summed E-state index contributed by atoms with van der Waals surface area (Å²) in [5.41, 5.74) is 3.02. The predicted octanol–water partition coefficient (Wildman–Crippen LogP) is 2.58. The van der Waals surface area contributed by atoms with Crippen molar-refractivity contribution < 1.29 is 19.7 Å². The number of aliphatic hydroxyl groups is 2. The molecule has 2 aromatic carbocycles. The van der Waals surface area contributed by atoms with Gasteiger partial charge in [-0.15, -0.1) is 0 Å². The third-order valence-corrected chi connectivity index (χ3v) is 6.72. The van der Waals surface area contributed by atoms with Crippen molar-refractivity contribution in [2.24, 2.45) is 11.3 Å². The summed E-state index contributed by atoms with van der Waals surface area (Å²) in [4.78, 5) is 2.28. The Hall–Kier alpha value is -2.08. The first-order valence-electron chi connectivity index (χ1n) is 9.83. The van der Waals surface area contributed by atoms with E-state index in [2.05, 4.69) is 17.0 Å². The van der Waals surface area contributed by atoms with Gasteiger partial charge in [0, 0.05) is 42.8 Å². The van der Waals surface area contributed by atoms with Gasteiger partial charge in [0.05, 0.1) is 20.3 Å². The van der Waals surface area contributed by atoms with Crippen LogP contribution in [0.5, 0.6) is 11.5 Å². The minimum absolute atomic E-state index is 0.106. The number of benzene rings is 2. The van der Waals surface area contributed by atoms with Crippen LogP contribution in [-0.4, -0.2) is 55.1 Å². The molecule has 2 aromatic rings. The molecule has 4 atom stereocenters. The monoisotopic (exact) mass is 383 g/mol. The molecule has 0 unspecified atom stereocenters. The van der Waals surface area contributed by atoms with E-state index >= 15 is 0 Å². The summed E-state index contributed by atoms with van der Waals surface area (Å²) < 4.78 is 11.0. The highest BCUT2D eigenvalue weighted by molar-refractivity contribution is 5.49. The minimum atomic E-state index is -0.444. The maximum Gasteiger partial charge on any atom is 0.129 e. The van der Waals surface area contributed by atoms with Gasteiger partial charge >= 0.3 is 0 Å². The highest BCUT2D eigenvalue weighted by atomic mass is 16.5. The number of likely N-dealkylation sites (tertiary alicyclic amines) is 1. The van der Waals surface area contributed by atoms with E-state index in [0.29, 0.717) is 13.1 Å². The molecule has 5 nitrogen and oxygen atoms in total. The molecule has 1 saturated heterocycles. The van der Waals surface area contributed by atoms with Gasteiger partial charge in [-0.2, -0.15) is 0 Å². The Morgan fingerprint density at radius 1 is 1.11 bits per heavy atom. The van der Waals surface area contributed by atoms with Crippen LogP contribution in [0.25, 0.3) is 0 Å². The van der Waals surface area contributed by atoms with Crippen molar-refractivity contribution in [3.63, 3.8) is 0 Å². The molecule has 28 heavy (non-hydrogen) atoms. The largest absolute Gasteiger partial charge is 0.496 e. The Bertz CT molecular complexity index is 840. The SMILES string of the molecule is COc1ccc(CN2C[C@@H](O)[C@@]3(C2)[C@H](CO)[C@H]3c2ccccc2)c(OC)c1C. The highest BCUT2D eigenvalue weighted by Crippen LogP contribution is 2.68. The molecule has 1 spiro atoms. The molecule has 0 radical (unpaired) electrons. The molecule has 0 bridgehead atoms. The molecule has 5 heteroatoms. The number of hydrogen-bond donors (Lipinski definition) is 2. The molecule has 2 fully saturated rings. The van der Waals surface area contributed by atoms with E-state index in [0.717, 1.165) is 29.2 Å². The second-order valence-corrected chi connectivity index (χ2v) is 8.06. The maximum absolute atomic E-state index is 11.0. The molecule has 150 valence electrons. The van der Waals surface area contributed by atoms with Crippen molar-refractivity contribution in [2.75, 3.05) is 33.9 Å². The number of aliphatic hydroxyl groups excluding tert-OH is 2. The van der Waals surface area contributed by atoms with Crippen LogP contribution in [0, 0.1) is 18.3 Å². The summed E-state index contributed by atoms with van der Waals surface area (Å²) in [6.45, 7) is 4.18. The molecule has 1 heterocycles. The van der Waals surface area contributed by atoms with Crippen molar-refractivity contribution in [2.45, 2.75) is 25.5 Å². The molecule has 0 amide bonds. The normalized spacial score (nSPS) is 29.2. The minimum Gasteiger partial charge on any atom is -0.496 e. The van der Waals surface area contributed by atoms with Gasteiger partial charge in [-0.05, 0) is 30.4 Å². The van der Waals surface area contributed by atoms with Crippen LogP contribution in [0.15, 0.2) is 42.5 Å². The van der Waals surface area contributed by atoms with Crippen LogP contribution >= 0.6 is 0 Å². The topological polar surface area (TPSA) is 62.2 Å². The van der Waals surface area contributed by atoms with Gasteiger partial charge in [-0.25, -0.2) is 0 Å². The summed E-state index contributed by atoms with van der Waals surface area (Å²) in [6, 6.07) is 14.3. The van der Waals surface area contributed by atoms with Gasteiger partial charge in [-0.1, -0.05) is 36.4 Å². The average Bonchev–Trinajstić information content (AvgIpc) is 3.25. The second-order valence-electron chi connectivity index (χ2n) is 8.06. The zero-order valence-corrected chi connectivity index (χ0v) is 16.8. The second kappa shape index (κ2) is 7.39. The Balaban J connectivity index is 1.56. The zero-order valence-electron chi connectivity index (χ0n) is 16.8. The predicted molar refractivity (Wildman–Crippen MR) is 108 cm³/mol. The molecule has 4 rings (SSSR count). The zero-order chi connectivity index (χ0) is 19.9. The number of hydrogen-bond acceptors (Lipinski definition) is 5. The van der Waals surface area contributed by atoms with Crippen molar-refractivity contribution in [1.82, 2.24) is 4.90 Å². The first-order valence-corrected chi connectivity index (χ1v) is 9.83. The van der Waals surface area contributed by atoms with Crippen molar-refractivity contribution >= 4 is 0 Å². The lowest BCUT2D eigenvalue weighted by Crippen LogP contribution is -2.23. The quantitative estimate of drug-likeness (QED) is 0.803. The van der Waals surface area contributed by atoms with Crippen molar-refractivity contribution in [3.05, 3.63) is 59.2 Å². The number of methoxy groups -OCH3 is 2. The van der Waals surface area contributed by atoms with E-state index in [1.54, 1.807) is 14.2 Å². The molecule has 2 aliphatic rings. The van der Waals surface area contributed by atoms with Gasteiger partial charge in [0.1, 0.15) is 11.5 Å². The first-order chi connectivity index (χ1) is 13.6. The summed E-state index contributed by atoms with van der Waals surface area (Å²) in [6.07, 6.45) is -0.444. The lowest BCUT2D eigenvalue weighted by atomic mass is 9.95. The van der Waals surface area contributed by atoms with E-state index in [1.807, 2.05) is 37.3 Å². The molecule has 1 saturated carbocycles. The molecule has 1 aliphatic heterocycles. The fourth-order valence-corrected chi connectivity index (χ4v) is 5.38. The van der Waals surface area contributed by atoms with Crippen LogP contribution in [0.1, 0.15) is 22.6 Å². The van der Waals surface area contributed by atoms with Crippen LogP contribution in [-0.2, 0) is 6.54 Å². The van der Waals surface area contributed by atoms with Gasteiger partial charge in [0.2, 0.25) is 0 Å². The van der Waals surface area contributed by atoms with Gasteiger partial charge in [-0.3, -0.25) is 4.90 Å². The van der Waals surface area contributed by atoms with E-state index in [9.17, 15) is 10.2 Å². The molecule has 0 aromatic heterocycles. The third-order valence-electron chi connectivity index (χ3n) is 6.72. The first kappa shape index (κ1) is 19.2. The maximum atomic E-state index is 11.0. The highest BCUT2D eigenvalue weighted by Gasteiger charge is 2.70. The standard InChI is InChI=1S/C23H29NO4/c1-15-19(27-2)10-9-17(22(15)28-3)11-24-12-20(26)23(14-24)18(13-25)21(23)16-7-5-4-6-8-16/h4-10,18,20-21,25-26H,11-14H2,1-3H3/t18-,20-,21-,23-/m1/s1.